The molecule has 2 nitrogen and oxygen atoms in total. The van der Waals surface area contributed by atoms with E-state index in [4.69, 9.17) is 5.11 Å². The Balaban J connectivity index is 0.000000162. The fourth-order valence-corrected chi connectivity index (χ4v) is 1.77. The molecule has 0 atom stereocenters. The van der Waals surface area contributed by atoms with Crippen LogP contribution in [0.25, 0.3) is 0 Å². The van der Waals surface area contributed by atoms with E-state index in [2.05, 4.69) is 18.1 Å². The average molecular weight is 176 g/mol. The quantitative estimate of drug-likeness (QED) is 0.490. The number of hydrogen-bond acceptors (Lipinski definition) is 3. The largest absolute Gasteiger partial charge is 0.478 e. The van der Waals surface area contributed by atoms with Crippen molar-refractivity contribution in [1.29, 1.82) is 0 Å². The summed E-state index contributed by atoms with van der Waals surface area (Å²) in [5.74, 6) is 0.218. The third-order valence-electron chi connectivity index (χ3n) is 0.559. The number of hydrogen-bond donors (Lipinski definition) is 1. The summed E-state index contributed by atoms with van der Waals surface area (Å²) < 4.78 is 0. The predicted molar refractivity (Wildman–Crippen MR) is 47.0 cm³/mol. The molecule has 0 spiro atoms. The molecule has 1 rings (SSSR count). The van der Waals surface area contributed by atoms with Crippen LogP contribution in [0.1, 0.15) is 0 Å². The molecule has 56 valence electrons. The van der Waals surface area contributed by atoms with Gasteiger partial charge in [0.1, 0.15) is 0 Å². The summed E-state index contributed by atoms with van der Waals surface area (Å²) in [7, 11) is 3.69. The van der Waals surface area contributed by atoms with Crippen LogP contribution < -0.4 is 0 Å². The molecule has 1 aliphatic heterocycles. The van der Waals surface area contributed by atoms with Gasteiger partial charge in [-0.25, -0.2) is 4.79 Å². The van der Waals surface area contributed by atoms with Crippen LogP contribution >= 0.6 is 21.6 Å². The van der Waals surface area contributed by atoms with Gasteiger partial charge in [-0.05, 0) is 5.41 Å². The first-order valence-corrected chi connectivity index (χ1v) is 4.94. The molecule has 0 aromatic rings. The topological polar surface area (TPSA) is 37.3 Å². The third-order valence-corrected chi connectivity index (χ3v) is 2.48. The minimum absolute atomic E-state index is 0.833. The van der Waals surface area contributed by atoms with Crippen LogP contribution in [0.3, 0.4) is 0 Å². The fraction of sp³-hybridized carbons (Fsp3) is 0.167. The standard InChI is InChI=1S/C3H4O2.C3H4S2/c1-2-3(4)5;1-2-4-5-3-1/h2H,1H2,(H,4,5);1-2H,3H2. The lowest BCUT2D eigenvalue weighted by Gasteiger charge is -1.69. The van der Waals surface area contributed by atoms with Crippen molar-refractivity contribution in [3.8, 4) is 0 Å². The maximum absolute atomic E-state index is 9.25. The number of rotatable bonds is 1. The normalized spacial score (nSPS) is 13.6. The Morgan fingerprint density at radius 2 is 2.40 bits per heavy atom. The summed E-state index contributed by atoms with van der Waals surface area (Å²) in [6.07, 6.45) is 3.00. The molecule has 0 aliphatic carbocycles. The lowest BCUT2D eigenvalue weighted by Crippen LogP contribution is -1.82. The van der Waals surface area contributed by atoms with Crippen molar-refractivity contribution in [3.05, 3.63) is 24.1 Å². The van der Waals surface area contributed by atoms with E-state index in [-0.39, 0.29) is 0 Å². The average Bonchev–Trinajstić information content (AvgIpc) is 2.43. The highest BCUT2D eigenvalue weighted by Gasteiger charge is 1.85. The molecule has 0 amide bonds. The molecule has 1 heterocycles. The third kappa shape index (κ3) is 7.65. The summed E-state index contributed by atoms with van der Waals surface area (Å²) in [5.41, 5.74) is 0. The second kappa shape index (κ2) is 6.77. The summed E-state index contributed by atoms with van der Waals surface area (Å²) in [5, 5.41) is 9.72. The Morgan fingerprint density at radius 1 is 1.80 bits per heavy atom. The van der Waals surface area contributed by atoms with Crippen molar-refractivity contribution >= 4 is 27.6 Å². The van der Waals surface area contributed by atoms with E-state index in [9.17, 15) is 4.79 Å². The molecule has 1 N–H and O–H groups in total. The van der Waals surface area contributed by atoms with Crippen molar-refractivity contribution in [1.82, 2.24) is 0 Å². The second-order valence-corrected chi connectivity index (χ2v) is 3.61. The first-order valence-electron chi connectivity index (χ1n) is 2.56. The van der Waals surface area contributed by atoms with Crippen LogP contribution in [0.4, 0.5) is 0 Å². The SMILES string of the molecule is C1=CSSC1.C=CC(=O)O. The Morgan fingerprint density at radius 3 is 2.50 bits per heavy atom. The summed E-state index contributed by atoms with van der Waals surface area (Å²) in [4.78, 5) is 9.25. The smallest absolute Gasteiger partial charge is 0.327 e. The van der Waals surface area contributed by atoms with Gasteiger partial charge >= 0.3 is 5.97 Å². The van der Waals surface area contributed by atoms with Crippen molar-refractivity contribution in [2.45, 2.75) is 0 Å². The minimum atomic E-state index is -0.981. The van der Waals surface area contributed by atoms with E-state index >= 15 is 0 Å². The second-order valence-electron chi connectivity index (χ2n) is 1.29. The summed E-state index contributed by atoms with van der Waals surface area (Å²) >= 11 is 0. The zero-order valence-corrected chi connectivity index (χ0v) is 6.95. The van der Waals surface area contributed by atoms with Gasteiger partial charge in [-0.3, -0.25) is 0 Å². The Kier molecular flexibility index (Phi) is 6.53. The van der Waals surface area contributed by atoms with Crippen LogP contribution in [-0.2, 0) is 4.79 Å². The van der Waals surface area contributed by atoms with Crippen LogP contribution in [0.5, 0.6) is 0 Å². The van der Waals surface area contributed by atoms with Gasteiger partial charge < -0.3 is 5.11 Å². The Bertz CT molecular complexity index is 137. The molecular formula is C6H8O2S2. The summed E-state index contributed by atoms with van der Waals surface area (Å²) in [6, 6.07) is 0. The van der Waals surface area contributed by atoms with Gasteiger partial charge in [0, 0.05) is 11.8 Å². The van der Waals surface area contributed by atoms with Crippen molar-refractivity contribution in [2.75, 3.05) is 5.75 Å². The van der Waals surface area contributed by atoms with E-state index in [0.717, 1.165) is 6.08 Å². The highest BCUT2D eigenvalue weighted by Crippen LogP contribution is 2.27. The van der Waals surface area contributed by atoms with Gasteiger partial charge in [0.15, 0.2) is 0 Å². The monoisotopic (exact) mass is 176 g/mol. The van der Waals surface area contributed by atoms with Crippen molar-refractivity contribution in [3.63, 3.8) is 0 Å². The van der Waals surface area contributed by atoms with E-state index in [1.54, 1.807) is 0 Å². The predicted octanol–water partition coefficient (Wildman–Crippen LogP) is 2.15. The minimum Gasteiger partial charge on any atom is -0.478 e. The lowest BCUT2D eigenvalue weighted by atomic mass is 10.7. The Hall–Kier alpha value is -0.350. The number of carbonyl (C=O) groups is 1. The number of carboxylic acids is 1. The van der Waals surface area contributed by atoms with E-state index in [1.807, 2.05) is 21.6 Å². The van der Waals surface area contributed by atoms with E-state index in [0.29, 0.717) is 0 Å². The Labute approximate surface area is 67.8 Å². The maximum Gasteiger partial charge on any atom is 0.327 e. The molecule has 0 aromatic carbocycles. The highest BCUT2D eigenvalue weighted by molar-refractivity contribution is 8.78. The van der Waals surface area contributed by atoms with Crippen LogP contribution in [-0.4, -0.2) is 16.8 Å². The lowest BCUT2D eigenvalue weighted by molar-refractivity contribution is -0.131. The molecular weight excluding hydrogens is 168 g/mol. The van der Waals surface area contributed by atoms with Gasteiger partial charge in [-0.2, -0.15) is 0 Å². The van der Waals surface area contributed by atoms with Crippen LogP contribution in [0.2, 0.25) is 0 Å². The summed E-state index contributed by atoms with van der Waals surface area (Å²) in [6.45, 7) is 2.96. The first kappa shape index (κ1) is 9.65. The van der Waals surface area contributed by atoms with Gasteiger partial charge in [-0.15, -0.1) is 0 Å². The van der Waals surface area contributed by atoms with Gasteiger partial charge in [0.25, 0.3) is 0 Å². The van der Waals surface area contributed by atoms with Gasteiger partial charge in [-0.1, -0.05) is 34.2 Å². The molecule has 0 fully saturated rings. The number of aliphatic carboxylic acids is 1. The molecule has 1 aliphatic rings. The van der Waals surface area contributed by atoms with E-state index < -0.39 is 5.97 Å². The molecule has 0 aromatic heterocycles. The zero-order valence-electron chi connectivity index (χ0n) is 5.32. The van der Waals surface area contributed by atoms with Crippen molar-refractivity contribution < 1.29 is 9.90 Å². The molecule has 0 saturated carbocycles. The van der Waals surface area contributed by atoms with Crippen LogP contribution in [0, 0.1) is 0 Å². The maximum atomic E-state index is 9.25. The fourth-order valence-electron chi connectivity index (χ4n) is 0.196. The molecule has 4 heteroatoms. The van der Waals surface area contributed by atoms with Crippen molar-refractivity contribution in [2.24, 2.45) is 0 Å². The van der Waals surface area contributed by atoms with Gasteiger partial charge in [0.05, 0.1) is 0 Å². The van der Waals surface area contributed by atoms with E-state index in [1.165, 1.54) is 5.75 Å². The zero-order chi connectivity index (χ0) is 7.82. The van der Waals surface area contributed by atoms with Crippen LogP contribution in [0.15, 0.2) is 24.1 Å². The molecule has 10 heavy (non-hydrogen) atoms. The molecule has 0 radical (unpaired) electrons. The highest BCUT2D eigenvalue weighted by atomic mass is 33.1. The first-order chi connectivity index (χ1) is 4.77. The molecule has 0 bridgehead atoms. The van der Waals surface area contributed by atoms with Gasteiger partial charge in [0.2, 0.25) is 0 Å². The molecule has 0 saturated heterocycles. The number of carboxylic acid groups (broad SMARTS) is 1. The molecule has 0 unspecified atom stereocenters.